The van der Waals surface area contributed by atoms with E-state index in [0.29, 0.717) is 12.3 Å². The molecule has 0 amide bonds. The van der Waals surface area contributed by atoms with E-state index in [-0.39, 0.29) is 5.78 Å². The number of hydrogen-bond acceptors (Lipinski definition) is 6. The summed E-state index contributed by atoms with van der Waals surface area (Å²) in [5, 5.41) is 11.9. The summed E-state index contributed by atoms with van der Waals surface area (Å²) in [5.41, 5.74) is 4.08. The van der Waals surface area contributed by atoms with Crippen LogP contribution in [0.25, 0.3) is 0 Å². The number of Topliss-reactive ketones (excluding diaryl/α,β-unsaturated/α-hetero) is 1. The highest BCUT2D eigenvalue weighted by atomic mass is 32.2. The Bertz CT molecular complexity index is 671. The lowest BCUT2D eigenvalue weighted by Gasteiger charge is -2.09. The molecule has 1 aromatic heterocycles. The van der Waals surface area contributed by atoms with Gasteiger partial charge in [-0.05, 0) is 31.9 Å². The van der Waals surface area contributed by atoms with E-state index in [1.165, 1.54) is 28.7 Å². The predicted octanol–water partition coefficient (Wildman–Crippen LogP) is 4.04. The average molecular weight is 333 g/mol. The van der Waals surface area contributed by atoms with Crippen LogP contribution >= 0.6 is 23.1 Å². The van der Waals surface area contributed by atoms with Crippen LogP contribution in [0.1, 0.15) is 27.0 Å². The fraction of sp³-hybridized carbons (Fsp3) is 0.312. The number of rotatable bonds is 7. The van der Waals surface area contributed by atoms with E-state index in [2.05, 4.69) is 22.1 Å². The van der Waals surface area contributed by atoms with Gasteiger partial charge in [0.2, 0.25) is 5.13 Å². The van der Waals surface area contributed by atoms with E-state index in [1.807, 2.05) is 32.9 Å². The smallest absolute Gasteiger partial charge is 0.206 e. The summed E-state index contributed by atoms with van der Waals surface area (Å²) in [6.07, 6.45) is 1.76. The molecule has 6 heteroatoms. The number of nitrogens with zero attached hydrogens (tertiary/aromatic N) is 2. The maximum atomic E-state index is 12.5. The Labute approximate surface area is 139 Å². The first kappa shape index (κ1) is 16.7. The Morgan fingerprint density at radius 3 is 2.64 bits per heavy atom. The SMILES string of the molecule is C=CCNc1nnc(SCC(=O)c2c(C)cc(C)cc2C)s1. The number of aromatic nitrogens is 2. The summed E-state index contributed by atoms with van der Waals surface area (Å²) in [6, 6.07) is 4.10. The Morgan fingerprint density at radius 1 is 1.32 bits per heavy atom. The molecule has 0 bridgehead atoms. The Morgan fingerprint density at radius 2 is 2.00 bits per heavy atom. The monoisotopic (exact) mass is 333 g/mol. The number of carbonyl (C=O) groups excluding carboxylic acids is 1. The molecule has 0 aliphatic carbocycles. The molecular weight excluding hydrogens is 314 g/mol. The van der Waals surface area contributed by atoms with E-state index >= 15 is 0 Å². The number of aryl methyl sites for hydroxylation is 3. The van der Waals surface area contributed by atoms with Crippen molar-refractivity contribution in [1.82, 2.24) is 10.2 Å². The molecule has 0 aliphatic heterocycles. The Balaban J connectivity index is 2.01. The Hall–Kier alpha value is -1.66. The molecule has 22 heavy (non-hydrogen) atoms. The first-order valence-corrected chi connectivity index (χ1v) is 8.73. The van der Waals surface area contributed by atoms with Crippen molar-refractivity contribution >= 4 is 34.0 Å². The zero-order valence-corrected chi connectivity index (χ0v) is 14.6. The third kappa shape index (κ3) is 4.18. The summed E-state index contributed by atoms with van der Waals surface area (Å²) in [7, 11) is 0. The summed E-state index contributed by atoms with van der Waals surface area (Å²) in [5.74, 6) is 0.511. The zero-order valence-electron chi connectivity index (χ0n) is 13.0. The standard InChI is InChI=1S/C16H19N3OS2/c1-5-6-17-15-18-19-16(22-15)21-9-13(20)14-11(3)7-10(2)8-12(14)4/h5,7-8H,1,6,9H2,2-4H3,(H,17,18). The van der Waals surface area contributed by atoms with Gasteiger partial charge in [0, 0.05) is 12.1 Å². The van der Waals surface area contributed by atoms with Crippen molar-refractivity contribution in [2.75, 3.05) is 17.6 Å². The second kappa shape index (κ2) is 7.56. The fourth-order valence-corrected chi connectivity index (χ4v) is 3.95. The minimum atomic E-state index is 0.135. The molecule has 0 spiro atoms. The number of anilines is 1. The average Bonchev–Trinajstić information content (AvgIpc) is 2.89. The fourth-order valence-electron chi connectivity index (χ4n) is 2.32. The minimum Gasteiger partial charge on any atom is -0.357 e. The number of ketones is 1. The number of nitrogens with one attached hydrogen (secondary N) is 1. The lowest BCUT2D eigenvalue weighted by Crippen LogP contribution is -2.07. The van der Waals surface area contributed by atoms with E-state index in [0.717, 1.165) is 26.2 Å². The van der Waals surface area contributed by atoms with Crippen molar-refractivity contribution < 1.29 is 4.79 Å². The molecule has 0 saturated heterocycles. The van der Waals surface area contributed by atoms with E-state index in [1.54, 1.807) is 6.08 Å². The van der Waals surface area contributed by atoms with Crippen LogP contribution in [-0.2, 0) is 0 Å². The van der Waals surface area contributed by atoms with Gasteiger partial charge < -0.3 is 5.32 Å². The van der Waals surface area contributed by atoms with Crippen molar-refractivity contribution in [3.8, 4) is 0 Å². The molecule has 1 aromatic carbocycles. The van der Waals surface area contributed by atoms with Gasteiger partial charge in [0.25, 0.3) is 0 Å². The van der Waals surface area contributed by atoms with Gasteiger partial charge in [-0.25, -0.2) is 0 Å². The molecule has 2 rings (SSSR count). The maximum Gasteiger partial charge on any atom is 0.206 e. The molecule has 4 nitrogen and oxygen atoms in total. The molecule has 0 saturated carbocycles. The van der Waals surface area contributed by atoms with Crippen LogP contribution in [0.5, 0.6) is 0 Å². The zero-order chi connectivity index (χ0) is 16.1. The second-order valence-corrected chi connectivity index (χ2v) is 7.23. The van der Waals surface area contributed by atoms with Crippen molar-refractivity contribution in [3.63, 3.8) is 0 Å². The lowest BCUT2D eigenvalue weighted by atomic mass is 9.97. The first-order valence-electron chi connectivity index (χ1n) is 6.93. The van der Waals surface area contributed by atoms with E-state index < -0.39 is 0 Å². The quantitative estimate of drug-likeness (QED) is 0.471. The first-order chi connectivity index (χ1) is 10.5. The number of thioether (sulfide) groups is 1. The normalized spacial score (nSPS) is 10.5. The van der Waals surface area contributed by atoms with Gasteiger partial charge in [0.05, 0.1) is 5.75 Å². The second-order valence-electron chi connectivity index (χ2n) is 5.03. The number of carbonyl (C=O) groups is 1. The van der Waals surface area contributed by atoms with Crippen LogP contribution in [-0.4, -0.2) is 28.3 Å². The van der Waals surface area contributed by atoms with Crippen LogP contribution in [0.15, 0.2) is 29.1 Å². The van der Waals surface area contributed by atoms with Gasteiger partial charge in [-0.3, -0.25) is 4.79 Å². The molecule has 116 valence electrons. The molecular formula is C16H19N3OS2. The summed E-state index contributed by atoms with van der Waals surface area (Å²) in [4.78, 5) is 12.5. The highest BCUT2D eigenvalue weighted by Gasteiger charge is 2.14. The van der Waals surface area contributed by atoms with Gasteiger partial charge in [0.1, 0.15) is 0 Å². The van der Waals surface area contributed by atoms with Crippen LogP contribution in [0.4, 0.5) is 5.13 Å². The lowest BCUT2D eigenvalue weighted by molar-refractivity contribution is 0.102. The molecule has 0 aliphatic rings. The van der Waals surface area contributed by atoms with Gasteiger partial charge in [-0.2, -0.15) is 0 Å². The van der Waals surface area contributed by atoms with Gasteiger partial charge in [0.15, 0.2) is 10.1 Å². The number of hydrogen-bond donors (Lipinski definition) is 1. The molecule has 0 fully saturated rings. The summed E-state index contributed by atoms with van der Waals surface area (Å²) < 4.78 is 0.794. The van der Waals surface area contributed by atoms with Gasteiger partial charge >= 0.3 is 0 Å². The molecule has 1 heterocycles. The van der Waals surface area contributed by atoms with Crippen molar-refractivity contribution in [2.24, 2.45) is 0 Å². The van der Waals surface area contributed by atoms with Crippen molar-refractivity contribution in [3.05, 3.63) is 47.0 Å². The Kier molecular flexibility index (Phi) is 5.74. The predicted molar refractivity (Wildman–Crippen MR) is 94.3 cm³/mol. The molecule has 2 aromatic rings. The van der Waals surface area contributed by atoms with Gasteiger partial charge in [-0.1, -0.05) is 46.9 Å². The van der Waals surface area contributed by atoms with Crippen LogP contribution < -0.4 is 5.32 Å². The third-order valence-corrected chi connectivity index (χ3v) is 5.10. The largest absolute Gasteiger partial charge is 0.357 e. The molecule has 0 atom stereocenters. The third-order valence-electron chi connectivity index (χ3n) is 3.09. The van der Waals surface area contributed by atoms with Gasteiger partial charge in [-0.15, -0.1) is 16.8 Å². The summed E-state index contributed by atoms with van der Waals surface area (Å²) in [6.45, 7) is 10.3. The molecule has 0 radical (unpaired) electrons. The number of benzene rings is 1. The van der Waals surface area contributed by atoms with Crippen LogP contribution in [0, 0.1) is 20.8 Å². The maximum absolute atomic E-state index is 12.5. The van der Waals surface area contributed by atoms with E-state index in [9.17, 15) is 4.79 Å². The van der Waals surface area contributed by atoms with Crippen LogP contribution in [0.2, 0.25) is 0 Å². The highest BCUT2D eigenvalue weighted by Crippen LogP contribution is 2.27. The highest BCUT2D eigenvalue weighted by molar-refractivity contribution is 8.01. The van der Waals surface area contributed by atoms with Crippen molar-refractivity contribution in [2.45, 2.75) is 25.1 Å². The molecule has 0 unspecified atom stereocenters. The summed E-state index contributed by atoms with van der Waals surface area (Å²) >= 11 is 2.88. The topological polar surface area (TPSA) is 54.9 Å². The van der Waals surface area contributed by atoms with Crippen molar-refractivity contribution in [1.29, 1.82) is 0 Å². The van der Waals surface area contributed by atoms with Crippen LogP contribution in [0.3, 0.4) is 0 Å². The minimum absolute atomic E-state index is 0.135. The molecule has 1 N–H and O–H groups in total. The van der Waals surface area contributed by atoms with E-state index in [4.69, 9.17) is 0 Å².